The van der Waals surface area contributed by atoms with Crippen molar-refractivity contribution in [1.29, 1.82) is 0 Å². The predicted molar refractivity (Wildman–Crippen MR) is 143 cm³/mol. The summed E-state index contributed by atoms with van der Waals surface area (Å²) < 4.78 is 4.54. The van der Waals surface area contributed by atoms with E-state index in [1.165, 1.54) is 0 Å². The molecule has 3 N–H and O–H groups in total. The minimum Gasteiger partial charge on any atom is -0.497 e. The van der Waals surface area contributed by atoms with Crippen LogP contribution in [0.3, 0.4) is 0 Å². The smallest absolute Gasteiger partial charge is 0.248 e. The third kappa shape index (κ3) is 4.38. The molecular formula is C28H33N3O5S. The Morgan fingerprint density at radius 3 is 2.41 bits per heavy atom. The Morgan fingerprint density at radius 1 is 1.05 bits per heavy atom. The number of hydrogen-bond acceptors (Lipinski definition) is 6. The molecule has 3 fully saturated rings. The van der Waals surface area contributed by atoms with E-state index in [9.17, 15) is 19.5 Å². The average molecular weight is 524 g/mol. The number of rotatable bonds is 9. The van der Waals surface area contributed by atoms with Crippen LogP contribution < -0.4 is 15.4 Å². The fourth-order valence-corrected chi connectivity index (χ4v) is 8.81. The van der Waals surface area contributed by atoms with Gasteiger partial charge in [0.25, 0.3) is 0 Å². The molecule has 0 saturated carbocycles. The number of nitrogens with zero attached hydrogens (tertiary/aromatic N) is 1. The maximum atomic E-state index is 14.0. The van der Waals surface area contributed by atoms with Gasteiger partial charge in [-0.05, 0) is 61.6 Å². The average Bonchev–Trinajstić information content (AvgIpc) is 3.49. The van der Waals surface area contributed by atoms with E-state index in [1.54, 1.807) is 48.0 Å². The summed E-state index contributed by atoms with van der Waals surface area (Å²) in [7, 11) is 1.58. The van der Waals surface area contributed by atoms with Gasteiger partial charge in [0.1, 0.15) is 11.8 Å². The Hall–Kier alpha value is -3.04. The third-order valence-electron chi connectivity index (χ3n) is 8.00. The molecular weight excluding hydrogens is 490 g/mol. The van der Waals surface area contributed by atoms with Gasteiger partial charge in [0.05, 0.1) is 23.7 Å². The summed E-state index contributed by atoms with van der Waals surface area (Å²) >= 11 is 1.65. The molecule has 6 atom stereocenters. The van der Waals surface area contributed by atoms with Crippen molar-refractivity contribution in [1.82, 2.24) is 4.90 Å². The number of carbonyl (C=O) groups is 3. The van der Waals surface area contributed by atoms with Crippen LogP contribution in [0.1, 0.15) is 26.2 Å². The zero-order valence-electron chi connectivity index (χ0n) is 21.1. The lowest BCUT2D eigenvalue weighted by atomic mass is 9.66. The van der Waals surface area contributed by atoms with E-state index < -0.39 is 22.6 Å². The van der Waals surface area contributed by atoms with Gasteiger partial charge in [0, 0.05) is 29.8 Å². The number of thioether (sulfide) groups is 1. The highest BCUT2D eigenvalue weighted by Gasteiger charge is 2.75. The van der Waals surface area contributed by atoms with Crippen LogP contribution in [0.2, 0.25) is 0 Å². The number of carbonyl (C=O) groups excluding carboxylic acids is 3. The van der Waals surface area contributed by atoms with E-state index in [2.05, 4.69) is 17.6 Å². The number of methoxy groups -OCH3 is 1. The summed E-state index contributed by atoms with van der Waals surface area (Å²) in [5, 5.41) is 15.3. The van der Waals surface area contributed by atoms with Crippen molar-refractivity contribution < 1.29 is 24.2 Å². The molecule has 3 amide bonds. The number of aliphatic hydroxyl groups is 1. The topological polar surface area (TPSA) is 108 Å². The van der Waals surface area contributed by atoms with Gasteiger partial charge in [-0.3, -0.25) is 14.4 Å². The normalized spacial score (nSPS) is 29.8. The number of benzene rings is 2. The van der Waals surface area contributed by atoms with Crippen LogP contribution in [-0.4, -0.2) is 64.0 Å². The predicted octanol–water partition coefficient (Wildman–Crippen LogP) is 3.38. The Labute approximate surface area is 221 Å². The van der Waals surface area contributed by atoms with E-state index in [0.717, 1.165) is 6.42 Å². The van der Waals surface area contributed by atoms with E-state index >= 15 is 0 Å². The molecule has 9 heteroatoms. The Bertz CT molecular complexity index is 1160. The fraction of sp³-hybridized carbons (Fsp3) is 0.464. The number of amides is 3. The Kier molecular flexibility index (Phi) is 7.18. The standard InChI is InChI=1S/C28H33N3O5S/c1-17-16-21-22(25(33)29-18-8-4-3-5-9-18)23-27(35)31(14-6-7-15-32)24(28(17,23)37-21)26(34)30-19-10-12-20(36-2)13-11-19/h3-5,8-13,17,21-24,32H,6-7,14-16H2,1-2H3,(H,29,33)(H,30,34)/t17?,21-,22+,23+,24?,28?/m1/s1. The lowest BCUT2D eigenvalue weighted by Gasteiger charge is -2.38. The molecule has 1 spiro atoms. The van der Waals surface area contributed by atoms with Crippen LogP contribution in [0.5, 0.6) is 5.75 Å². The number of fused-ring (bicyclic) bond motifs is 1. The zero-order valence-corrected chi connectivity index (χ0v) is 21.9. The van der Waals surface area contributed by atoms with Crippen molar-refractivity contribution in [3.8, 4) is 5.75 Å². The molecule has 37 heavy (non-hydrogen) atoms. The summed E-state index contributed by atoms with van der Waals surface area (Å²) in [6.45, 7) is 2.49. The largest absolute Gasteiger partial charge is 0.497 e. The van der Waals surface area contributed by atoms with Crippen LogP contribution >= 0.6 is 11.8 Å². The highest BCUT2D eigenvalue weighted by atomic mass is 32.2. The number of nitrogens with one attached hydrogen (secondary N) is 2. The van der Waals surface area contributed by atoms with Crippen LogP contribution in [0.25, 0.3) is 0 Å². The van der Waals surface area contributed by atoms with Gasteiger partial charge in [0.2, 0.25) is 17.7 Å². The van der Waals surface area contributed by atoms with E-state index in [4.69, 9.17) is 4.74 Å². The van der Waals surface area contributed by atoms with Gasteiger partial charge in [0.15, 0.2) is 0 Å². The molecule has 3 aliphatic rings. The minimum atomic E-state index is -0.703. The maximum absolute atomic E-state index is 14.0. The second kappa shape index (κ2) is 10.4. The molecule has 5 rings (SSSR count). The Morgan fingerprint density at radius 2 is 1.73 bits per heavy atom. The van der Waals surface area contributed by atoms with Crippen molar-refractivity contribution in [2.75, 3.05) is 30.9 Å². The number of hydrogen-bond donors (Lipinski definition) is 3. The monoisotopic (exact) mass is 523 g/mol. The molecule has 3 unspecified atom stereocenters. The molecule has 3 saturated heterocycles. The highest BCUT2D eigenvalue weighted by Crippen LogP contribution is 2.68. The fourth-order valence-electron chi connectivity index (χ4n) is 6.39. The summed E-state index contributed by atoms with van der Waals surface area (Å²) in [5.74, 6) is -0.848. The Balaban J connectivity index is 1.46. The van der Waals surface area contributed by atoms with Crippen molar-refractivity contribution in [2.24, 2.45) is 17.8 Å². The summed E-state index contributed by atoms with van der Waals surface area (Å²) in [5.41, 5.74) is 1.32. The number of ether oxygens (including phenoxy) is 1. The van der Waals surface area contributed by atoms with Gasteiger partial charge in [-0.15, -0.1) is 11.8 Å². The van der Waals surface area contributed by atoms with E-state index in [0.29, 0.717) is 36.5 Å². The SMILES string of the molecule is COc1ccc(NC(=O)C2N(CCCCO)C(=O)[C@@H]3[C@@H](C(=O)Nc4ccccc4)[C@H]4CC(C)C23S4)cc1. The van der Waals surface area contributed by atoms with Crippen LogP contribution in [0.4, 0.5) is 11.4 Å². The molecule has 3 aliphatic heterocycles. The van der Waals surface area contributed by atoms with Crippen molar-refractivity contribution in [2.45, 2.75) is 42.2 Å². The summed E-state index contributed by atoms with van der Waals surface area (Å²) in [4.78, 5) is 43.1. The van der Waals surface area contributed by atoms with Crippen molar-refractivity contribution in [3.05, 3.63) is 54.6 Å². The quantitative estimate of drug-likeness (QED) is 0.435. The second-order valence-corrected chi connectivity index (χ2v) is 11.6. The van der Waals surface area contributed by atoms with Crippen LogP contribution in [0, 0.1) is 17.8 Å². The second-order valence-electron chi connectivity index (χ2n) is 10.1. The molecule has 8 nitrogen and oxygen atoms in total. The van der Waals surface area contributed by atoms with E-state index in [1.807, 2.05) is 30.3 Å². The zero-order chi connectivity index (χ0) is 26.2. The number of aliphatic hydroxyl groups excluding tert-OH is 1. The molecule has 0 aromatic heterocycles. The molecule has 2 aromatic rings. The first-order valence-corrected chi connectivity index (χ1v) is 13.7. The van der Waals surface area contributed by atoms with Crippen molar-refractivity contribution >= 4 is 40.9 Å². The molecule has 0 radical (unpaired) electrons. The number of anilines is 2. The molecule has 3 heterocycles. The number of para-hydroxylation sites is 1. The maximum Gasteiger partial charge on any atom is 0.248 e. The number of likely N-dealkylation sites (tertiary alicyclic amines) is 1. The molecule has 2 bridgehead atoms. The highest BCUT2D eigenvalue weighted by molar-refractivity contribution is 8.02. The first-order chi connectivity index (χ1) is 17.9. The summed E-state index contributed by atoms with van der Waals surface area (Å²) in [6.07, 6.45) is 1.90. The first kappa shape index (κ1) is 25.6. The first-order valence-electron chi connectivity index (χ1n) is 12.8. The van der Waals surface area contributed by atoms with Gasteiger partial charge in [-0.25, -0.2) is 0 Å². The lowest BCUT2D eigenvalue weighted by Crippen LogP contribution is -2.54. The molecule has 196 valence electrons. The van der Waals surface area contributed by atoms with Crippen LogP contribution in [-0.2, 0) is 14.4 Å². The van der Waals surface area contributed by atoms with Gasteiger partial charge in [-0.1, -0.05) is 25.1 Å². The van der Waals surface area contributed by atoms with Gasteiger partial charge < -0.3 is 25.4 Å². The lowest BCUT2D eigenvalue weighted by molar-refractivity contribution is -0.138. The summed E-state index contributed by atoms with van der Waals surface area (Å²) in [6, 6.07) is 15.7. The van der Waals surface area contributed by atoms with E-state index in [-0.39, 0.29) is 35.5 Å². The van der Waals surface area contributed by atoms with Crippen LogP contribution in [0.15, 0.2) is 54.6 Å². The van der Waals surface area contributed by atoms with Crippen molar-refractivity contribution in [3.63, 3.8) is 0 Å². The third-order valence-corrected chi connectivity index (χ3v) is 10.1. The minimum absolute atomic E-state index is 0.0225. The van der Waals surface area contributed by atoms with Gasteiger partial charge in [-0.2, -0.15) is 0 Å². The molecule has 2 aromatic carbocycles. The number of unbranched alkanes of at least 4 members (excludes halogenated alkanes) is 1. The van der Waals surface area contributed by atoms with Gasteiger partial charge >= 0.3 is 0 Å². The molecule has 0 aliphatic carbocycles.